The van der Waals surface area contributed by atoms with E-state index in [9.17, 15) is 19.8 Å². The van der Waals surface area contributed by atoms with Gasteiger partial charge >= 0.3 is 0 Å². The van der Waals surface area contributed by atoms with E-state index in [4.69, 9.17) is 15.2 Å². The fourth-order valence-corrected chi connectivity index (χ4v) is 9.70. The van der Waals surface area contributed by atoms with Crippen LogP contribution in [0.5, 0.6) is 0 Å². The van der Waals surface area contributed by atoms with Crippen molar-refractivity contribution in [3.63, 3.8) is 0 Å². The number of carbonyl (C=O) groups excluding carboxylic acids is 2. The maximum atomic E-state index is 16.1. The smallest absolute Gasteiger partial charge is 0.193 e. The Morgan fingerprint density at radius 2 is 1.98 bits per heavy atom. The zero-order valence-electron chi connectivity index (χ0n) is 24.8. The molecule has 0 bridgehead atoms. The van der Waals surface area contributed by atoms with Crippen LogP contribution in [0, 0.1) is 40.2 Å². The van der Waals surface area contributed by atoms with Crippen LogP contribution >= 0.6 is 0 Å². The number of halogens is 2. The molecule has 2 aromatic rings. The van der Waals surface area contributed by atoms with E-state index >= 15 is 8.78 Å². The summed E-state index contributed by atoms with van der Waals surface area (Å²) in [7, 11) is 0. The molecule has 7 rings (SSSR count). The number of anilines is 1. The minimum Gasteiger partial charge on any atom is -0.399 e. The van der Waals surface area contributed by atoms with Crippen molar-refractivity contribution in [3.8, 4) is 0 Å². The molecule has 0 radical (unpaired) electrons. The molecule has 0 aromatic heterocycles. The zero-order valence-corrected chi connectivity index (χ0v) is 24.8. The highest BCUT2D eigenvalue weighted by molar-refractivity contribution is 6.01. The molecule has 1 saturated heterocycles. The number of rotatable bonds is 5. The Labute approximate surface area is 254 Å². The average Bonchev–Trinajstić information content (AvgIpc) is 3.47. The largest absolute Gasteiger partial charge is 0.399 e. The third-order valence-corrected chi connectivity index (χ3v) is 11.6. The maximum absolute atomic E-state index is 16.1. The Morgan fingerprint density at radius 3 is 2.73 bits per heavy atom. The molecule has 9 heteroatoms. The van der Waals surface area contributed by atoms with Crippen LogP contribution in [0.3, 0.4) is 0 Å². The van der Waals surface area contributed by atoms with Gasteiger partial charge in [-0.25, -0.2) is 8.78 Å². The van der Waals surface area contributed by atoms with Crippen LogP contribution in [0.4, 0.5) is 14.5 Å². The molecule has 232 valence electrons. The number of carbonyl (C=O) groups is 2. The van der Waals surface area contributed by atoms with E-state index in [1.165, 1.54) is 6.07 Å². The number of aliphatic hydroxyl groups excluding tert-OH is 2. The summed E-state index contributed by atoms with van der Waals surface area (Å²) >= 11 is 0. The Morgan fingerprint density at radius 1 is 1.18 bits per heavy atom. The normalized spacial score (nSPS) is 38.9. The molecular formula is C35H37F2NO6. The molecule has 1 aliphatic heterocycles. The van der Waals surface area contributed by atoms with Crippen molar-refractivity contribution in [1.29, 1.82) is 0 Å². The summed E-state index contributed by atoms with van der Waals surface area (Å²) in [6.07, 6.45) is 3.98. The predicted molar refractivity (Wildman–Crippen MR) is 157 cm³/mol. The van der Waals surface area contributed by atoms with Crippen molar-refractivity contribution in [2.45, 2.75) is 70.1 Å². The number of benzene rings is 2. The van der Waals surface area contributed by atoms with Gasteiger partial charge in [0.05, 0.1) is 17.8 Å². The number of allylic oxidation sites excluding steroid dienone is 4. The predicted octanol–water partition coefficient (Wildman–Crippen LogP) is 4.74. The van der Waals surface area contributed by atoms with Gasteiger partial charge in [-0.05, 0) is 79.0 Å². The lowest BCUT2D eigenvalue weighted by molar-refractivity contribution is -0.201. The Bertz CT molecular complexity index is 1620. The minimum absolute atomic E-state index is 0.0292. The van der Waals surface area contributed by atoms with Crippen molar-refractivity contribution >= 4 is 17.3 Å². The van der Waals surface area contributed by atoms with E-state index < -0.39 is 64.5 Å². The van der Waals surface area contributed by atoms with Gasteiger partial charge in [0.1, 0.15) is 18.2 Å². The number of nitrogens with two attached hydrogens (primary N) is 1. The summed E-state index contributed by atoms with van der Waals surface area (Å²) in [4.78, 5) is 25.9. The number of fused-ring (bicyclic) bond motifs is 7. The van der Waals surface area contributed by atoms with Crippen LogP contribution in [0.15, 0.2) is 60.2 Å². The second-order valence-corrected chi connectivity index (χ2v) is 13.7. The Balaban J connectivity index is 1.25. The molecule has 7 nitrogen and oxygen atoms in total. The second-order valence-electron chi connectivity index (χ2n) is 13.7. The van der Waals surface area contributed by atoms with E-state index in [1.807, 2.05) is 13.0 Å². The molecule has 9 atom stereocenters. The van der Waals surface area contributed by atoms with Gasteiger partial charge in [-0.15, -0.1) is 0 Å². The molecule has 44 heavy (non-hydrogen) atoms. The van der Waals surface area contributed by atoms with Crippen molar-refractivity contribution in [1.82, 2.24) is 0 Å². The van der Waals surface area contributed by atoms with Gasteiger partial charge in [0.25, 0.3) is 0 Å². The van der Waals surface area contributed by atoms with Crippen LogP contribution in [0.25, 0.3) is 0 Å². The molecule has 5 aliphatic rings. The van der Waals surface area contributed by atoms with Gasteiger partial charge in [0, 0.05) is 28.9 Å². The summed E-state index contributed by atoms with van der Waals surface area (Å²) in [5.74, 6) is -2.72. The maximum Gasteiger partial charge on any atom is 0.193 e. The first-order valence-electron chi connectivity index (χ1n) is 15.3. The van der Waals surface area contributed by atoms with Crippen molar-refractivity contribution in [3.05, 3.63) is 88.5 Å². The molecule has 4 aliphatic carbocycles. The summed E-state index contributed by atoms with van der Waals surface area (Å²) in [6, 6.07) is 9.54. The first-order valence-corrected chi connectivity index (χ1v) is 15.3. The van der Waals surface area contributed by atoms with Crippen LogP contribution < -0.4 is 5.73 Å². The standard InChI is InChI=1S/C35H37F2NO6/c1-33-11-10-22(40)14-20(33)7-8-23-24-15-28-35(27(42)17-39,34(24,2)16-26(41)30(23)33)44-32(43-28)29-25(36)9-6-19(31(29)37)12-18-4-3-5-21(38)13-18/h3-6,9-11,13-14,23-24,26,28,30,32,39,41H,7-8,12,15-17,38H2,1-2H3/t23-,24-,26-,28+,30+,32-,33-,34-,35+/m0/s1. The first-order chi connectivity index (χ1) is 20.9. The highest BCUT2D eigenvalue weighted by Crippen LogP contribution is 2.70. The van der Waals surface area contributed by atoms with Gasteiger partial charge in [-0.1, -0.05) is 43.7 Å². The van der Waals surface area contributed by atoms with Crippen LogP contribution in [0.2, 0.25) is 0 Å². The molecule has 4 fully saturated rings. The number of nitrogen functional groups attached to an aromatic ring is 1. The average molecular weight is 606 g/mol. The van der Waals surface area contributed by atoms with Gasteiger partial charge in [0.15, 0.2) is 23.5 Å². The second kappa shape index (κ2) is 10.1. The summed E-state index contributed by atoms with van der Waals surface area (Å²) in [5.41, 5.74) is 4.77. The molecule has 0 spiro atoms. The monoisotopic (exact) mass is 605 g/mol. The number of Topliss-reactive ketones (excluding diaryl/α,β-unsaturated/α-hetero) is 1. The number of ether oxygens (including phenoxy) is 2. The van der Waals surface area contributed by atoms with Crippen LogP contribution in [-0.2, 0) is 25.5 Å². The summed E-state index contributed by atoms with van der Waals surface area (Å²) in [5, 5.41) is 22.0. The summed E-state index contributed by atoms with van der Waals surface area (Å²) < 4.78 is 44.2. The fourth-order valence-electron chi connectivity index (χ4n) is 9.70. The lowest BCUT2D eigenvalue weighted by atomic mass is 9.46. The molecule has 1 heterocycles. The first kappa shape index (κ1) is 29.5. The SMILES string of the molecule is C[C@]12C=CC(=O)C=C1CC[C@@H]1[C@@H]2[C@@H](O)C[C@@]2(C)[C@H]1C[C@H]1O[C@H](c3c(F)ccc(Cc4cccc(N)c4)c3F)O[C@]12C(=O)CO. The number of ketones is 2. The Hall–Kier alpha value is -3.24. The van der Waals surface area contributed by atoms with E-state index in [0.29, 0.717) is 24.9 Å². The van der Waals surface area contributed by atoms with E-state index in [1.54, 1.807) is 36.4 Å². The van der Waals surface area contributed by atoms with E-state index in [2.05, 4.69) is 6.92 Å². The minimum atomic E-state index is -1.71. The highest BCUT2D eigenvalue weighted by Gasteiger charge is 2.76. The van der Waals surface area contributed by atoms with Crippen LogP contribution in [-0.4, -0.2) is 46.2 Å². The number of hydrogen-bond donors (Lipinski definition) is 3. The van der Waals surface area contributed by atoms with Crippen molar-refractivity contribution < 1.29 is 38.1 Å². The highest BCUT2D eigenvalue weighted by atomic mass is 19.1. The van der Waals surface area contributed by atoms with Crippen LogP contribution in [0.1, 0.15) is 62.5 Å². The fraction of sp³-hybridized carbons (Fsp3) is 0.486. The lowest BCUT2D eigenvalue weighted by Gasteiger charge is -2.59. The summed E-state index contributed by atoms with van der Waals surface area (Å²) in [6.45, 7) is 3.10. The zero-order chi connectivity index (χ0) is 31.2. The van der Waals surface area contributed by atoms with Gasteiger partial charge in [-0.2, -0.15) is 0 Å². The third kappa shape index (κ3) is 3.99. The molecule has 0 amide bonds. The molecule has 0 unspecified atom stereocenters. The number of aliphatic hydroxyl groups is 2. The van der Waals surface area contributed by atoms with Crippen molar-refractivity contribution in [2.75, 3.05) is 12.3 Å². The third-order valence-electron chi connectivity index (χ3n) is 11.6. The molecule has 3 saturated carbocycles. The van der Waals surface area contributed by atoms with Gasteiger partial charge in [-0.3, -0.25) is 9.59 Å². The molecular weight excluding hydrogens is 568 g/mol. The van der Waals surface area contributed by atoms with Crippen molar-refractivity contribution in [2.24, 2.45) is 28.6 Å². The lowest BCUT2D eigenvalue weighted by Crippen LogP contribution is -2.63. The van der Waals surface area contributed by atoms with E-state index in [0.717, 1.165) is 17.2 Å². The molecule has 4 N–H and O–H groups in total. The quantitative estimate of drug-likeness (QED) is 0.422. The van der Waals surface area contributed by atoms with Gasteiger partial charge in [0.2, 0.25) is 0 Å². The Kier molecular flexibility index (Phi) is 6.79. The van der Waals surface area contributed by atoms with Gasteiger partial charge < -0.3 is 25.4 Å². The topological polar surface area (TPSA) is 119 Å². The molecule has 2 aromatic carbocycles. The number of hydrogen-bond acceptors (Lipinski definition) is 7. The van der Waals surface area contributed by atoms with E-state index in [-0.39, 0.29) is 41.9 Å².